The van der Waals surface area contributed by atoms with Crippen LogP contribution >= 0.6 is 0 Å². The topological polar surface area (TPSA) is 66.6 Å². The lowest BCUT2D eigenvalue weighted by Crippen LogP contribution is -2.42. The minimum absolute atomic E-state index is 0.0562. The normalized spacial score (nSPS) is 11.4. The molecule has 0 saturated heterocycles. The zero-order valence-electron chi connectivity index (χ0n) is 12.0. The number of carbonyl (C=O) groups excluding carboxylic acids is 1. The van der Waals surface area contributed by atoms with Crippen molar-refractivity contribution in [2.24, 2.45) is 11.1 Å². The van der Waals surface area contributed by atoms with Crippen molar-refractivity contribution in [1.82, 2.24) is 4.90 Å². The van der Waals surface area contributed by atoms with Crippen molar-refractivity contribution in [2.75, 3.05) is 19.6 Å². The first-order valence-electron chi connectivity index (χ1n) is 6.68. The van der Waals surface area contributed by atoms with Gasteiger partial charge in [-0.2, -0.15) is 0 Å². The molecular weight excluding hydrogens is 240 g/mol. The highest BCUT2D eigenvalue weighted by Crippen LogP contribution is 2.19. The summed E-state index contributed by atoms with van der Waals surface area (Å²) < 4.78 is 0. The number of phenols is 1. The van der Waals surface area contributed by atoms with Crippen LogP contribution in [0.2, 0.25) is 0 Å². The van der Waals surface area contributed by atoms with Gasteiger partial charge in [0.2, 0.25) is 0 Å². The molecule has 3 N–H and O–H groups in total. The van der Waals surface area contributed by atoms with Crippen LogP contribution in [-0.2, 0) is 0 Å². The van der Waals surface area contributed by atoms with Crippen molar-refractivity contribution in [2.45, 2.75) is 27.2 Å². The third-order valence-electron chi connectivity index (χ3n) is 3.05. The Labute approximate surface area is 115 Å². The third-order valence-corrected chi connectivity index (χ3v) is 3.05. The van der Waals surface area contributed by atoms with Gasteiger partial charge in [0.1, 0.15) is 5.75 Å². The maximum Gasteiger partial charge on any atom is 0.254 e. The largest absolute Gasteiger partial charge is 0.508 e. The van der Waals surface area contributed by atoms with E-state index in [4.69, 9.17) is 5.73 Å². The first-order valence-corrected chi connectivity index (χ1v) is 6.68. The Morgan fingerprint density at radius 1 is 1.42 bits per heavy atom. The number of benzene rings is 1. The summed E-state index contributed by atoms with van der Waals surface area (Å²) in [6.07, 6.45) is 0.894. The van der Waals surface area contributed by atoms with Crippen molar-refractivity contribution >= 4 is 5.91 Å². The Balaban J connectivity index is 2.90. The fourth-order valence-electron chi connectivity index (χ4n) is 1.93. The monoisotopic (exact) mass is 264 g/mol. The van der Waals surface area contributed by atoms with E-state index in [1.165, 1.54) is 6.07 Å². The van der Waals surface area contributed by atoms with Crippen LogP contribution < -0.4 is 5.73 Å². The minimum atomic E-state index is -0.109. The Bertz CT molecular complexity index is 430. The van der Waals surface area contributed by atoms with E-state index >= 15 is 0 Å². The Kier molecular flexibility index (Phi) is 5.36. The van der Waals surface area contributed by atoms with E-state index in [0.29, 0.717) is 25.2 Å². The lowest BCUT2D eigenvalue weighted by Gasteiger charge is -2.31. The molecule has 0 heterocycles. The Morgan fingerprint density at radius 2 is 2.11 bits per heavy atom. The fourth-order valence-corrected chi connectivity index (χ4v) is 1.93. The van der Waals surface area contributed by atoms with Crippen LogP contribution in [0.15, 0.2) is 24.3 Å². The molecule has 0 fully saturated rings. The van der Waals surface area contributed by atoms with E-state index in [2.05, 4.69) is 0 Å². The predicted octanol–water partition coefficient (Wildman–Crippen LogP) is 2.23. The number of rotatable bonds is 6. The lowest BCUT2D eigenvalue weighted by atomic mass is 9.92. The molecule has 0 saturated carbocycles. The van der Waals surface area contributed by atoms with Crippen molar-refractivity contribution in [1.29, 1.82) is 0 Å². The maximum absolute atomic E-state index is 12.5. The molecule has 0 aliphatic rings. The number of nitrogens with two attached hydrogens (primary N) is 1. The van der Waals surface area contributed by atoms with Crippen molar-refractivity contribution < 1.29 is 9.90 Å². The maximum atomic E-state index is 12.5. The summed E-state index contributed by atoms with van der Waals surface area (Å²) in [6, 6.07) is 6.46. The number of hydrogen-bond donors (Lipinski definition) is 2. The van der Waals surface area contributed by atoms with Crippen LogP contribution in [-0.4, -0.2) is 35.5 Å². The van der Waals surface area contributed by atoms with Gasteiger partial charge in [-0.1, -0.05) is 26.8 Å². The fraction of sp³-hybridized carbons (Fsp3) is 0.533. The van der Waals surface area contributed by atoms with Crippen LogP contribution in [0.1, 0.15) is 37.6 Å². The number of phenolic OH excluding ortho intramolecular Hbond substituents is 1. The summed E-state index contributed by atoms with van der Waals surface area (Å²) in [5.74, 6) is 0.0552. The molecule has 1 amide bonds. The number of carbonyl (C=O) groups is 1. The van der Waals surface area contributed by atoms with Gasteiger partial charge in [-0.25, -0.2) is 0 Å². The molecule has 0 unspecified atom stereocenters. The second kappa shape index (κ2) is 6.57. The summed E-state index contributed by atoms with van der Waals surface area (Å²) in [5, 5.41) is 9.46. The quantitative estimate of drug-likeness (QED) is 0.828. The first-order chi connectivity index (χ1) is 8.89. The molecular formula is C15H24N2O2. The average molecular weight is 264 g/mol. The molecule has 4 nitrogen and oxygen atoms in total. The van der Waals surface area contributed by atoms with Crippen molar-refractivity contribution in [3.63, 3.8) is 0 Å². The summed E-state index contributed by atoms with van der Waals surface area (Å²) >= 11 is 0. The Morgan fingerprint density at radius 3 is 2.63 bits per heavy atom. The first kappa shape index (κ1) is 15.5. The van der Waals surface area contributed by atoms with Gasteiger partial charge in [0.25, 0.3) is 5.91 Å². The van der Waals surface area contributed by atoms with E-state index in [1.54, 1.807) is 18.2 Å². The number of hydrogen-bond acceptors (Lipinski definition) is 3. The van der Waals surface area contributed by atoms with E-state index in [9.17, 15) is 9.90 Å². The van der Waals surface area contributed by atoms with Gasteiger partial charge in [0.15, 0.2) is 0 Å². The second-order valence-electron chi connectivity index (χ2n) is 5.65. The van der Waals surface area contributed by atoms with Crippen LogP contribution in [0.3, 0.4) is 0 Å². The molecule has 4 heteroatoms. The standard InChI is InChI=1S/C15H24N2O2/c1-4-8-17(11-15(2,3)10-16)14(19)12-6-5-7-13(18)9-12/h5-7,9,18H,4,8,10-11,16H2,1-3H3. The molecule has 1 rings (SSSR count). The zero-order chi connectivity index (χ0) is 14.5. The van der Waals surface area contributed by atoms with Gasteiger partial charge in [-0.05, 0) is 36.6 Å². The molecule has 1 aromatic rings. The highest BCUT2D eigenvalue weighted by molar-refractivity contribution is 5.94. The summed E-state index contributed by atoms with van der Waals surface area (Å²) in [5.41, 5.74) is 6.14. The Hall–Kier alpha value is -1.55. The minimum Gasteiger partial charge on any atom is -0.508 e. The zero-order valence-corrected chi connectivity index (χ0v) is 12.0. The molecule has 1 aromatic carbocycles. The van der Waals surface area contributed by atoms with Crippen LogP contribution in [0.4, 0.5) is 0 Å². The van der Waals surface area contributed by atoms with Crippen molar-refractivity contribution in [3.8, 4) is 5.75 Å². The molecule has 0 aromatic heterocycles. The number of aromatic hydroxyl groups is 1. The average Bonchev–Trinajstić information content (AvgIpc) is 2.37. The van der Waals surface area contributed by atoms with E-state index in [-0.39, 0.29) is 17.1 Å². The van der Waals surface area contributed by atoms with Gasteiger partial charge in [0.05, 0.1) is 0 Å². The number of nitrogens with zero attached hydrogens (tertiary/aromatic N) is 1. The van der Waals surface area contributed by atoms with Gasteiger partial charge in [0, 0.05) is 18.7 Å². The van der Waals surface area contributed by atoms with E-state index in [0.717, 1.165) is 6.42 Å². The van der Waals surface area contributed by atoms with Crippen LogP contribution in [0.25, 0.3) is 0 Å². The van der Waals surface area contributed by atoms with Crippen molar-refractivity contribution in [3.05, 3.63) is 29.8 Å². The van der Waals surface area contributed by atoms with E-state index < -0.39 is 0 Å². The highest BCUT2D eigenvalue weighted by atomic mass is 16.3. The molecule has 0 radical (unpaired) electrons. The second-order valence-corrected chi connectivity index (χ2v) is 5.65. The van der Waals surface area contributed by atoms with Gasteiger partial charge in [-0.15, -0.1) is 0 Å². The molecule has 0 spiro atoms. The summed E-state index contributed by atoms with van der Waals surface area (Å²) in [6.45, 7) is 7.97. The van der Waals surface area contributed by atoms with E-state index in [1.807, 2.05) is 25.7 Å². The molecule has 0 aliphatic heterocycles. The number of amides is 1. The molecule has 106 valence electrons. The summed E-state index contributed by atoms with van der Waals surface area (Å²) in [4.78, 5) is 14.3. The highest BCUT2D eigenvalue weighted by Gasteiger charge is 2.24. The van der Waals surface area contributed by atoms with Gasteiger partial charge in [-0.3, -0.25) is 4.79 Å². The van der Waals surface area contributed by atoms with Gasteiger partial charge >= 0.3 is 0 Å². The SMILES string of the molecule is CCCN(CC(C)(C)CN)C(=O)c1cccc(O)c1. The van der Waals surface area contributed by atoms with Crippen LogP contribution in [0.5, 0.6) is 5.75 Å². The molecule has 0 bridgehead atoms. The third kappa shape index (κ3) is 4.56. The van der Waals surface area contributed by atoms with Gasteiger partial charge < -0.3 is 15.7 Å². The summed E-state index contributed by atoms with van der Waals surface area (Å²) in [7, 11) is 0. The smallest absolute Gasteiger partial charge is 0.254 e. The lowest BCUT2D eigenvalue weighted by molar-refractivity contribution is 0.0689. The van der Waals surface area contributed by atoms with Crippen LogP contribution in [0, 0.1) is 5.41 Å². The molecule has 19 heavy (non-hydrogen) atoms. The molecule has 0 aliphatic carbocycles. The predicted molar refractivity (Wildman–Crippen MR) is 77.1 cm³/mol. The molecule has 0 atom stereocenters.